The Morgan fingerprint density at radius 3 is 2.38 bits per heavy atom. The van der Waals surface area contributed by atoms with Gasteiger partial charge in [-0.15, -0.1) is 0 Å². The summed E-state index contributed by atoms with van der Waals surface area (Å²) < 4.78 is 29.2. The Balaban J connectivity index is 0.00000371. The topological polar surface area (TPSA) is 146 Å². The summed E-state index contributed by atoms with van der Waals surface area (Å²) >= 11 is -1.94. The molecule has 0 aromatic carbocycles. The van der Waals surface area contributed by atoms with Crippen LogP contribution in [0.4, 0.5) is 4.39 Å². The van der Waals surface area contributed by atoms with Gasteiger partial charge in [0.25, 0.3) is 5.91 Å². The number of amidine groups is 1. The first-order valence-corrected chi connectivity index (χ1v) is 14.0. The molecule has 0 spiro atoms. The van der Waals surface area contributed by atoms with Crippen LogP contribution in [-0.4, -0.2) is 77.9 Å². The molecule has 0 aromatic heterocycles. The van der Waals surface area contributed by atoms with E-state index in [0.717, 1.165) is 23.8 Å². The van der Waals surface area contributed by atoms with Crippen molar-refractivity contribution in [3.8, 4) is 0 Å². The predicted octanol–water partition coefficient (Wildman–Crippen LogP) is 1.58. The lowest BCUT2D eigenvalue weighted by Gasteiger charge is -2.39. The largest absolute Gasteiger partial charge is 0.395 e. The number of halogens is 1. The average Bonchev–Trinajstić information content (AvgIpc) is 3.19. The number of hydrogen-bond donors (Lipinski definition) is 3. The molecule has 1 fully saturated rings. The summed E-state index contributed by atoms with van der Waals surface area (Å²) in [4.78, 5) is 55.7. The van der Waals surface area contributed by atoms with Crippen LogP contribution >= 0.6 is 0 Å². The number of aldehydes is 1. The maximum atomic E-state index is 13.2. The maximum absolute atomic E-state index is 13.2. The highest BCUT2D eigenvalue weighted by molar-refractivity contribution is 7.79. The number of hydrogen-bond acceptors (Lipinski definition) is 8. The van der Waals surface area contributed by atoms with Gasteiger partial charge < -0.3 is 25.0 Å². The summed E-state index contributed by atoms with van der Waals surface area (Å²) in [5.74, 6) is -2.50. The fourth-order valence-electron chi connectivity index (χ4n) is 4.00. The van der Waals surface area contributed by atoms with Crippen LogP contribution in [0.5, 0.6) is 0 Å². The second kappa shape index (κ2) is 16.4. The zero-order valence-corrected chi connectivity index (χ0v) is 23.9. The van der Waals surface area contributed by atoms with Gasteiger partial charge in [-0.3, -0.25) is 24.2 Å². The number of nitrogens with zero attached hydrogens (tertiary/aromatic N) is 2. The molecule has 1 atom stereocenters. The Kier molecular flexibility index (Phi) is 14.0. The molecule has 13 heteroatoms. The lowest BCUT2D eigenvalue weighted by Crippen LogP contribution is -2.62. The van der Waals surface area contributed by atoms with Crippen molar-refractivity contribution in [3.05, 3.63) is 48.2 Å². The molecule has 1 unspecified atom stereocenters. The first-order valence-electron chi connectivity index (χ1n) is 12.5. The summed E-state index contributed by atoms with van der Waals surface area (Å²) in [5, 5.41) is 8.20. The van der Waals surface area contributed by atoms with Crippen molar-refractivity contribution in [1.82, 2.24) is 20.9 Å². The van der Waals surface area contributed by atoms with Gasteiger partial charge in [0.2, 0.25) is 16.8 Å². The predicted molar refractivity (Wildman–Crippen MR) is 148 cm³/mol. The monoisotopic (exact) mass is 567 g/mol. The fourth-order valence-corrected chi connectivity index (χ4v) is 4.38. The van der Waals surface area contributed by atoms with E-state index in [9.17, 15) is 27.8 Å². The van der Waals surface area contributed by atoms with Crippen molar-refractivity contribution in [2.45, 2.75) is 45.1 Å². The van der Waals surface area contributed by atoms with E-state index < -0.39 is 40.1 Å². The summed E-state index contributed by atoms with van der Waals surface area (Å²) in [6.45, 7) is 7.94. The van der Waals surface area contributed by atoms with E-state index in [2.05, 4.69) is 27.5 Å². The van der Waals surface area contributed by atoms with Gasteiger partial charge in [-0.1, -0.05) is 32.6 Å². The molecule has 2 heterocycles. The van der Waals surface area contributed by atoms with E-state index in [4.69, 9.17) is 4.18 Å². The SMILES string of the molecule is C=C/C(=C\C=C\F)CNC(=O)/C(NC1=NCC2CCC1(NC(=O)C(=O)N(C)C)CC2)=C(/C=O)OS(C)=O.CC. The van der Waals surface area contributed by atoms with E-state index in [1.165, 1.54) is 32.5 Å². The Morgan fingerprint density at radius 1 is 1.23 bits per heavy atom. The maximum Gasteiger partial charge on any atom is 0.311 e. The highest BCUT2D eigenvalue weighted by atomic mass is 32.2. The molecule has 2 bridgehead atoms. The Morgan fingerprint density at radius 2 is 1.87 bits per heavy atom. The molecule has 1 aliphatic carbocycles. The number of carbonyl (C=O) groups is 4. The standard InChI is InChI=1S/C24H32FN5O6S.C2H6/c1-5-16(7-6-12-25)13-26-20(32)19(18(15-31)36-37(4)35)28-23-24(29-21(33)22(34)30(2)3)10-8-17(9-11-24)14-27-23;1-2/h5-7,12,15,17H,1,8-11,13-14H2,2-4H3,(H,26,32)(H,27,28)(H,29,33);1-2H3/b12-6+,16-7+,19-18+;. The Labute approximate surface area is 231 Å². The number of carbonyl (C=O) groups excluding carboxylic acids is 4. The van der Waals surface area contributed by atoms with Crippen molar-refractivity contribution in [2.75, 3.05) is 33.4 Å². The van der Waals surface area contributed by atoms with Crippen LogP contribution in [0.15, 0.2) is 53.2 Å². The average molecular weight is 568 g/mol. The normalized spacial score (nSPS) is 21.6. The molecular weight excluding hydrogens is 529 g/mol. The zero-order chi connectivity index (χ0) is 29.6. The number of rotatable bonds is 10. The molecular formula is C26H38FN5O6S. The smallest absolute Gasteiger partial charge is 0.311 e. The lowest BCUT2D eigenvalue weighted by atomic mass is 9.77. The minimum absolute atomic E-state index is 0.0764. The minimum atomic E-state index is -1.94. The van der Waals surface area contributed by atoms with E-state index in [0.29, 0.717) is 31.3 Å². The first kappa shape index (κ1) is 33.4. The van der Waals surface area contributed by atoms with E-state index in [1.807, 2.05) is 13.8 Å². The molecule has 0 saturated heterocycles. The molecule has 3 rings (SSSR count). The number of allylic oxidation sites excluding steroid dienone is 3. The number of likely N-dealkylation sites (N-methyl/N-ethyl adjacent to an activating group) is 1. The van der Waals surface area contributed by atoms with Crippen LogP contribution in [0.25, 0.3) is 0 Å². The molecule has 2 aliphatic heterocycles. The fraction of sp³-hybridized carbons (Fsp3) is 0.500. The van der Waals surface area contributed by atoms with Gasteiger partial charge in [-0.25, -0.2) is 8.60 Å². The van der Waals surface area contributed by atoms with Crippen LogP contribution in [0.2, 0.25) is 0 Å². The van der Waals surface area contributed by atoms with Gasteiger partial charge in [0.1, 0.15) is 5.84 Å². The molecule has 0 aromatic rings. The molecule has 11 nitrogen and oxygen atoms in total. The molecule has 3 amide bonds. The molecule has 39 heavy (non-hydrogen) atoms. The number of aliphatic imine (C=N–C) groups is 1. The van der Waals surface area contributed by atoms with Crippen molar-refractivity contribution >= 4 is 40.9 Å². The zero-order valence-electron chi connectivity index (χ0n) is 23.0. The summed E-state index contributed by atoms with van der Waals surface area (Å²) in [7, 11) is 2.91. The number of amides is 3. The van der Waals surface area contributed by atoms with Gasteiger partial charge in [0, 0.05) is 33.4 Å². The highest BCUT2D eigenvalue weighted by Gasteiger charge is 2.45. The Bertz CT molecular complexity index is 1070. The first-order chi connectivity index (χ1) is 18.6. The summed E-state index contributed by atoms with van der Waals surface area (Å²) in [6, 6.07) is 0. The second-order valence-corrected chi connectivity index (χ2v) is 9.75. The minimum Gasteiger partial charge on any atom is -0.395 e. The van der Waals surface area contributed by atoms with Gasteiger partial charge >= 0.3 is 11.8 Å². The third kappa shape index (κ3) is 9.57. The van der Waals surface area contributed by atoms with Crippen LogP contribution in [-0.2, 0) is 34.4 Å². The van der Waals surface area contributed by atoms with Crippen molar-refractivity contribution in [2.24, 2.45) is 10.9 Å². The van der Waals surface area contributed by atoms with Crippen molar-refractivity contribution in [1.29, 1.82) is 0 Å². The quantitative estimate of drug-likeness (QED) is 0.119. The van der Waals surface area contributed by atoms with Crippen molar-refractivity contribution < 1.29 is 32.0 Å². The van der Waals surface area contributed by atoms with Crippen LogP contribution in [0.3, 0.4) is 0 Å². The van der Waals surface area contributed by atoms with Crippen LogP contribution < -0.4 is 16.0 Å². The third-order valence-electron chi connectivity index (χ3n) is 6.00. The summed E-state index contributed by atoms with van der Waals surface area (Å²) in [5.41, 5.74) is -1.02. The van der Waals surface area contributed by atoms with E-state index in [-0.39, 0.29) is 30.3 Å². The van der Waals surface area contributed by atoms with Gasteiger partial charge in [0.15, 0.2) is 12.0 Å². The molecule has 3 aliphatic rings. The summed E-state index contributed by atoms with van der Waals surface area (Å²) in [6.07, 6.45) is 8.00. The van der Waals surface area contributed by atoms with Crippen LogP contribution in [0.1, 0.15) is 39.5 Å². The highest BCUT2D eigenvalue weighted by Crippen LogP contribution is 2.36. The number of nitrogens with one attached hydrogen (secondary N) is 3. The Hall–Kier alpha value is -3.61. The molecule has 216 valence electrons. The van der Waals surface area contributed by atoms with Gasteiger partial charge in [0.05, 0.1) is 11.9 Å². The molecule has 1 saturated carbocycles. The molecule has 0 radical (unpaired) electrons. The van der Waals surface area contributed by atoms with Gasteiger partial charge in [-0.05, 0) is 43.3 Å². The van der Waals surface area contributed by atoms with E-state index >= 15 is 0 Å². The van der Waals surface area contributed by atoms with E-state index in [1.54, 1.807) is 0 Å². The molecule has 3 N–H and O–H groups in total. The number of fused-ring (bicyclic) bond motifs is 3. The van der Waals surface area contributed by atoms with Gasteiger partial charge in [-0.2, -0.15) is 0 Å². The second-order valence-electron chi connectivity index (χ2n) is 8.78. The third-order valence-corrected chi connectivity index (χ3v) is 6.42. The van der Waals surface area contributed by atoms with Crippen LogP contribution in [0, 0.1) is 5.92 Å². The van der Waals surface area contributed by atoms with Crippen molar-refractivity contribution in [3.63, 3.8) is 0 Å². The lowest BCUT2D eigenvalue weighted by molar-refractivity contribution is -0.145.